The molecule has 0 aliphatic carbocycles. The maximum Gasteiger partial charge on any atom is 0.123 e. The largest absolute Gasteiger partial charge is 0.310 e. The van der Waals surface area contributed by atoms with E-state index in [1.807, 2.05) is 19.4 Å². The van der Waals surface area contributed by atoms with Gasteiger partial charge in [-0.1, -0.05) is 22.9 Å². The number of likely N-dealkylation sites (N-methyl/N-ethyl adjacent to an activating group) is 1. The lowest BCUT2D eigenvalue weighted by atomic mass is 10.0. The topological polar surface area (TPSA) is 29.9 Å². The molecule has 1 heterocycles. The first-order valence-electron chi connectivity index (χ1n) is 6.26. The molecule has 1 aromatic carbocycles. The zero-order valence-corrected chi connectivity index (χ0v) is 12.6. The Kier molecular flexibility index (Phi) is 4.71. The van der Waals surface area contributed by atoms with Crippen LogP contribution in [0, 0.1) is 5.82 Å². The molecule has 0 spiro atoms. The number of aryl methyl sites for hydroxylation is 1. The van der Waals surface area contributed by atoms with E-state index in [1.54, 1.807) is 16.8 Å². The highest BCUT2D eigenvalue weighted by atomic mass is 79.9. The van der Waals surface area contributed by atoms with E-state index in [0.29, 0.717) is 0 Å². The van der Waals surface area contributed by atoms with Crippen molar-refractivity contribution in [3.8, 4) is 0 Å². The highest BCUT2D eigenvalue weighted by Gasteiger charge is 2.15. The molecule has 1 unspecified atom stereocenters. The van der Waals surface area contributed by atoms with E-state index in [9.17, 15) is 4.39 Å². The number of halogens is 2. The number of aromatic nitrogens is 2. The van der Waals surface area contributed by atoms with Crippen molar-refractivity contribution < 1.29 is 4.39 Å². The van der Waals surface area contributed by atoms with E-state index >= 15 is 0 Å². The molecule has 2 aromatic rings. The lowest BCUT2D eigenvalue weighted by molar-refractivity contribution is 0.545. The summed E-state index contributed by atoms with van der Waals surface area (Å²) in [7, 11) is 1.89. The Balaban J connectivity index is 2.23. The van der Waals surface area contributed by atoms with Crippen LogP contribution in [0.5, 0.6) is 0 Å². The van der Waals surface area contributed by atoms with Crippen LogP contribution in [-0.2, 0) is 13.5 Å². The molecule has 5 heteroatoms. The molecule has 0 aliphatic rings. The van der Waals surface area contributed by atoms with Gasteiger partial charge in [-0.2, -0.15) is 5.10 Å². The van der Waals surface area contributed by atoms with Crippen LogP contribution in [0.2, 0.25) is 0 Å². The van der Waals surface area contributed by atoms with Gasteiger partial charge in [0.2, 0.25) is 0 Å². The fraction of sp³-hybridized carbons (Fsp3) is 0.357. The quantitative estimate of drug-likeness (QED) is 0.914. The van der Waals surface area contributed by atoms with Crippen molar-refractivity contribution in [3.63, 3.8) is 0 Å². The average molecular weight is 326 g/mol. The van der Waals surface area contributed by atoms with Gasteiger partial charge in [0.25, 0.3) is 0 Å². The first kappa shape index (κ1) is 14.2. The monoisotopic (exact) mass is 325 g/mol. The maximum absolute atomic E-state index is 13.3. The number of hydrogen-bond donors (Lipinski definition) is 1. The van der Waals surface area contributed by atoms with Gasteiger partial charge in [-0.3, -0.25) is 4.68 Å². The van der Waals surface area contributed by atoms with E-state index in [4.69, 9.17) is 0 Å². The van der Waals surface area contributed by atoms with Crippen LogP contribution in [0.15, 0.2) is 35.1 Å². The van der Waals surface area contributed by atoms with Crippen LogP contribution in [0.3, 0.4) is 0 Å². The molecule has 0 bridgehead atoms. The summed E-state index contributed by atoms with van der Waals surface area (Å²) in [5.74, 6) is -0.209. The Morgan fingerprint density at radius 1 is 1.47 bits per heavy atom. The van der Waals surface area contributed by atoms with Crippen molar-refractivity contribution in [2.45, 2.75) is 19.4 Å². The molecule has 1 N–H and O–H groups in total. The van der Waals surface area contributed by atoms with Gasteiger partial charge in [-0.25, -0.2) is 4.39 Å². The fourth-order valence-electron chi connectivity index (χ4n) is 2.09. The smallest absolute Gasteiger partial charge is 0.123 e. The molecule has 19 heavy (non-hydrogen) atoms. The molecule has 3 nitrogen and oxygen atoms in total. The second-order valence-electron chi connectivity index (χ2n) is 4.50. The van der Waals surface area contributed by atoms with E-state index in [-0.39, 0.29) is 11.9 Å². The molecule has 0 saturated carbocycles. The van der Waals surface area contributed by atoms with E-state index in [2.05, 4.69) is 33.3 Å². The molecule has 1 atom stereocenters. The maximum atomic E-state index is 13.3. The molecular weight excluding hydrogens is 309 g/mol. The van der Waals surface area contributed by atoms with E-state index in [1.165, 1.54) is 6.07 Å². The summed E-state index contributed by atoms with van der Waals surface area (Å²) in [6.45, 7) is 2.91. The number of hydrogen-bond acceptors (Lipinski definition) is 2. The zero-order valence-electron chi connectivity index (χ0n) is 11.0. The Morgan fingerprint density at radius 2 is 2.26 bits per heavy atom. The lowest BCUT2D eigenvalue weighted by Gasteiger charge is -2.17. The summed E-state index contributed by atoms with van der Waals surface area (Å²) < 4.78 is 16.0. The highest BCUT2D eigenvalue weighted by molar-refractivity contribution is 9.10. The van der Waals surface area contributed by atoms with Crippen LogP contribution in [-0.4, -0.2) is 16.3 Å². The van der Waals surface area contributed by atoms with Crippen molar-refractivity contribution in [1.82, 2.24) is 15.1 Å². The van der Waals surface area contributed by atoms with Gasteiger partial charge in [0.15, 0.2) is 0 Å². The van der Waals surface area contributed by atoms with Crippen molar-refractivity contribution in [2.24, 2.45) is 7.05 Å². The van der Waals surface area contributed by atoms with Gasteiger partial charge in [0.1, 0.15) is 5.82 Å². The Labute approximate surface area is 121 Å². The number of rotatable bonds is 5. The van der Waals surface area contributed by atoms with Gasteiger partial charge >= 0.3 is 0 Å². The minimum Gasteiger partial charge on any atom is -0.310 e. The normalized spacial score (nSPS) is 12.6. The molecule has 0 amide bonds. The van der Waals surface area contributed by atoms with Crippen molar-refractivity contribution in [2.75, 3.05) is 6.54 Å². The number of benzene rings is 1. The third-order valence-corrected chi connectivity index (χ3v) is 3.78. The van der Waals surface area contributed by atoms with Gasteiger partial charge in [-0.15, -0.1) is 0 Å². The minimum absolute atomic E-state index is 0.136. The average Bonchev–Trinajstić information content (AvgIpc) is 2.80. The third-order valence-electron chi connectivity index (χ3n) is 3.01. The number of nitrogens with zero attached hydrogens (tertiary/aromatic N) is 2. The first-order chi connectivity index (χ1) is 9.10. The van der Waals surface area contributed by atoms with Crippen molar-refractivity contribution in [3.05, 3.63) is 52.0 Å². The molecular formula is C14H17BrFN3. The van der Waals surface area contributed by atoms with Crippen LogP contribution >= 0.6 is 15.9 Å². The Bertz CT molecular complexity index is 553. The van der Waals surface area contributed by atoms with Crippen molar-refractivity contribution in [1.29, 1.82) is 0 Å². The Hall–Kier alpha value is -1.20. The lowest BCUT2D eigenvalue weighted by Crippen LogP contribution is -2.22. The molecule has 2 rings (SSSR count). The molecule has 1 aromatic heterocycles. The van der Waals surface area contributed by atoms with Crippen molar-refractivity contribution >= 4 is 15.9 Å². The SMILES string of the molecule is CCNC(Cc1cc(F)ccc1Br)c1cnn(C)c1. The summed E-state index contributed by atoms with van der Waals surface area (Å²) in [6, 6.07) is 4.92. The molecule has 0 radical (unpaired) electrons. The van der Waals surface area contributed by atoms with E-state index < -0.39 is 0 Å². The number of nitrogens with one attached hydrogen (secondary N) is 1. The predicted molar refractivity (Wildman–Crippen MR) is 77.4 cm³/mol. The Morgan fingerprint density at radius 3 is 2.89 bits per heavy atom. The van der Waals surface area contributed by atoms with Gasteiger partial charge < -0.3 is 5.32 Å². The second-order valence-corrected chi connectivity index (χ2v) is 5.35. The third kappa shape index (κ3) is 3.64. The summed E-state index contributed by atoms with van der Waals surface area (Å²) in [5.41, 5.74) is 2.07. The molecule has 0 aliphatic heterocycles. The summed E-state index contributed by atoms with van der Waals surface area (Å²) in [6.07, 6.45) is 4.55. The van der Waals surface area contributed by atoms with Crippen LogP contribution in [0.25, 0.3) is 0 Å². The van der Waals surface area contributed by atoms with Crippen LogP contribution < -0.4 is 5.32 Å². The molecule has 0 saturated heterocycles. The van der Waals surface area contributed by atoms with Crippen LogP contribution in [0.1, 0.15) is 24.1 Å². The zero-order chi connectivity index (χ0) is 13.8. The fourth-order valence-corrected chi connectivity index (χ4v) is 2.50. The molecule has 102 valence electrons. The molecule has 0 fully saturated rings. The summed E-state index contributed by atoms with van der Waals surface area (Å²) in [4.78, 5) is 0. The standard InChI is InChI=1S/C14H17BrFN3/c1-3-17-14(11-8-18-19(2)9-11)7-10-6-12(16)4-5-13(10)15/h4-6,8-9,14,17H,3,7H2,1-2H3. The van der Waals surface area contributed by atoms with Gasteiger partial charge in [0, 0.05) is 29.3 Å². The summed E-state index contributed by atoms with van der Waals surface area (Å²) >= 11 is 3.47. The predicted octanol–water partition coefficient (Wildman–Crippen LogP) is 3.22. The second kappa shape index (κ2) is 6.30. The van der Waals surface area contributed by atoms with Gasteiger partial charge in [0.05, 0.1) is 6.20 Å². The van der Waals surface area contributed by atoms with Crippen LogP contribution in [0.4, 0.5) is 4.39 Å². The summed E-state index contributed by atoms with van der Waals surface area (Å²) in [5, 5.41) is 7.60. The highest BCUT2D eigenvalue weighted by Crippen LogP contribution is 2.24. The minimum atomic E-state index is -0.209. The van der Waals surface area contributed by atoms with E-state index in [0.717, 1.165) is 28.6 Å². The first-order valence-corrected chi connectivity index (χ1v) is 7.05. The van der Waals surface area contributed by atoms with Gasteiger partial charge in [-0.05, 0) is 36.7 Å².